The Morgan fingerprint density at radius 1 is 1.26 bits per heavy atom. The highest BCUT2D eigenvalue weighted by Crippen LogP contribution is 2.39. The topological polar surface area (TPSA) is 50.7 Å². The SMILES string of the molecule is CCNc1nc(C2CC2)nc(-c2ccccn2)c1C. The summed E-state index contributed by atoms with van der Waals surface area (Å²) >= 11 is 0. The van der Waals surface area contributed by atoms with E-state index in [2.05, 4.69) is 29.1 Å². The second-order valence-electron chi connectivity index (χ2n) is 4.92. The van der Waals surface area contributed by atoms with Gasteiger partial charge in [-0.3, -0.25) is 4.98 Å². The summed E-state index contributed by atoms with van der Waals surface area (Å²) in [5.41, 5.74) is 2.95. The highest BCUT2D eigenvalue weighted by atomic mass is 15.0. The van der Waals surface area contributed by atoms with Crippen LogP contribution < -0.4 is 5.32 Å². The highest BCUT2D eigenvalue weighted by Gasteiger charge is 2.28. The van der Waals surface area contributed by atoms with Crippen molar-refractivity contribution in [1.82, 2.24) is 15.0 Å². The molecular formula is C15H18N4. The summed E-state index contributed by atoms with van der Waals surface area (Å²) < 4.78 is 0. The molecule has 1 fully saturated rings. The fourth-order valence-electron chi connectivity index (χ4n) is 2.15. The zero-order valence-corrected chi connectivity index (χ0v) is 11.3. The van der Waals surface area contributed by atoms with E-state index in [1.807, 2.05) is 18.2 Å². The Balaban J connectivity index is 2.11. The molecule has 19 heavy (non-hydrogen) atoms. The summed E-state index contributed by atoms with van der Waals surface area (Å²) in [6, 6.07) is 5.92. The maximum Gasteiger partial charge on any atom is 0.134 e. The molecule has 2 aromatic heterocycles. The maximum atomic E-state index is 4.73. The minimum absolute atomic E-state index is 0.542. The summed E-state index contributed by atoms with van der Waals surface area (Å²) in [6.45, 7) is 5.00. The molecule has 0 amide bonds. The van der Waals surface area contributed by atoms with Crippen molar-refractivity contribution in [2.24, 2.45) is 0 Å². The molecule has 2 aromatic rings. The number of nitrogens with zero attached hydrogens (tertiary/aromatic N) is 3. The van der Waals surface area contributed by atoms with Crippen LogP contribution in [0.3, 0.4) is 0 Å². The summed E-state index contributed by atoms with van der Waals surface area (Å²) in [5.74, 6) is 2.45. The Morgan fingerprint density at radius 2 is 2.11 bits per heavy atom. The first-order valence-corrected chi connectivity index (χ1v) is 6.83. The molecule has 1 aliphatic rings. The van der Waals surface area contributed by atoms with E-state index in [1.54, 1.807) is 6.20 Å². The molecule has 0 spiro atoms. The van der Waals surface area contributed by atoms with E-state index in [1.165, 1.54) is 12.8 Å². The molecule has 2 heterocycles. The normalized spacial score (nSPS) is 14.4. The summed E-state index contributed by atoms with van der Waals surface area (Å²) in [6.07, 6.45) is 4.22. The second-order valence-corrected chi connectivity index (χ2v) is 4.92. The van der Waals surface area contributed by atoms with E-state index in [0.29, 0.717) is 5.92 Å². The van der Waals surface area contributed by atoms with Crippen molar-refractivity contribution in [2.75, 3.05) is 11.9 Å². The number of rotatable bonds is 4. The molecule has 0 saturated heterocycles. The molecule has 0 aliphatic heterocycles. The Hall–Kier alpha value is -1.97. The fraction of sp³-hybridized carbons (Fsp3) is 0.400. The van der Waals surface area contributed by atoms with Crippen LogP contribution in [0.2, 0.25) is 0 Å². The van der Waals surface area contributed by atoms with Gasteiger partial charge in [0.1, 0.15) is 11.6 Å². The first-order valence-electron chi connectivity index (χ1n) is 6.83. The van der Waals surface area contributed by atoms with Gasteiger partial charge in [-0.15, -0.1) is 0 Å². The van der Waals surface area contributed by atoms with Crippen molar-refractivity contribution in [3.63, 3.8) is 0 Å². The van der Waals surface area contributed by atoms with Gasteiger partial charge in [-0.1, -0.05) is 6.07 Å². The van der Waals surface area contributed by atoms with Crippen LogP contribution in [-0.2, 0) is 0 Å². The second kappa shape index (κ2) is 4.96. The molecule has 1 N–H and O–H groups in total. The number of hydrogen-bond donors (Lipinski definition) is 1. The molecule has 0 unspecified atom stereocenters. The summed E-state index contributed by atoms with van der Waals surface area (Å²) in [4.78, 5) is 13.8. The zero-order valence-electron chi connectivity index (χ0n) is 11.3. The van der Waals surface area contributed by atoms with Gasteiger partial charge in [-0.25, -0.2) is 9.97 Å². The third kappa shape index (κ3) is 2.43. The summed E-state index contributed by atoms with van der Waals surface area (Å²) in [7, 11) is 0. The standard InChI is InChI=1S/C15H18N4/c1-3-16-14-10(2)13(12-6-4-5-9-17-12)18-15(19-14)11-7-8-11/h4-6,9,11H,3,7-8H2,1-2H3,(H,16,18,19). The van der Waals surface area contributed by atoms with Crippen LogP contribution in [0.4, 0.5) is 5.82 Å². The smallest absolute Gasteiger partial charge is 0.134 e. The van der Waals surface area contributed by atoms with Gasteiger partial charge in [0.05, 0.1) is 11.4 Å². The first-order chi connectivity index (χ1) is 9.29. The van der Waals surface area contributed by atoms with E-state index in [9.17, 15) is 0 Å². The number of nitrogens with one attached hydrogen (secondary N) is 1. The van der Waals surface area contributed by atoms with Crippen molar-refractivity contribution in [1.29, 1.82) is 0 Å². The van der Waals surface area contributed by atoms with Crippen molar-refractivity contribution in [3.8, 4) is 11.4 Å². The van der Waals surface area contributed by atoms with Gasteiger partial charge in [0.25, 0.3) is 0 Å². The Kier molecular flexibility index (Phi) is 3.15. The van der Waals surface area contributed by atoms with Crippen LogP contribution in [0.1, 0.15) is 37.1 Å². The van der Waals surface area contributed by atoms with E-state index >= 15 is 0 Å². The quantitative estimate of drug-likeness (QED) is 0.910. The van der Waals surface area contributed by atoms with E-state index < -0.39 is 0 Å². The zero-order chi connectivity index (χ0) is 13.2. The molecular weight excluding hydrogens is 236 g/mol. The molecule has 4 heteroatoms. The molecule has 0 aromatic carbocycles. The third-order valence-corrected chi connectivity index (χ3v) is 3.36. The van der Waals surface area contributed by atoms with Crippen molar-refractivity contribution >= 4 is 5.82 Å². The molecule has 98 valence electrons. The monoisotopic (exact) mass is 254 g/mol. The third-order valence-electron chi connectivity index (χ3n) is 3.36. The van der Waals surface area contributed by atoms with Crippen LogP contribution >= 0.6 is 0 Å². The van der Waals surface area contributed by atoms with Crippen LogP contribution in [0.25, 0.3) is 11.4 Å². The van der Waals surface area contributed by atoms with Crippen molar-refractivity contribution in [3.05, 3.63) is 35.8 Å². The molecule has 1 saturated carbocycles. The van der Waals surface area contributed by atoms with E-state index in [4.69, 9.17) is 4.98 Å². The van der Waals surface area contributed by atoms with E-state index in [0.717, 1.165) is 35.1 Å². The van der Waals surface area contributed by atoms with Gasteiger partial charge >= 0.3 is 0 Å². The Morgan fingerprint density at radius 3 is 2.74 bits per heavy atom. The highest BCUT2D eigenvalue weighted by molar-refractivity contribution is 5.65. The van der Waals surface area contributed by atoms with Gasteiger partial charge in [0, 0.05) is 24.2 Å². The van der Waals surface area contributed by atoms with Gasteiger partial charge in [-0.2, -0.15) is 0 Å². The first kappa shape index (κ1) is 12.1. The number of hydrogen-bond acceptors (Lipinski definition) is 4. The van der Waals surface area contributed by atoms with Gasteiger partial charge < -0.3 is 5.32 Å². The molecule has 3 rings (SSSR count). The van der Waals surface area contributed by atoms with Gasteiger partial charge in [0.2, 0.25) is 0 Å². The number of aromatic nitrogens is 3. The molecule has 1 aliphatic carbocycles. The lowest BCUT2D eigenvalue weighted by molar-refractivity contribution is 0.916. The number of pyridine rings is 1. The van der Waals surface area contributed by atoms with Crippen molar-refractivity contribution < 1.29 is 0 Å². The van der Waals surface area contributed by atoms with Crippen LogP contribution in [0, 0.1) is 6.92 Å². The van der Waals surface area contributed by atoms with Crippen LogP contribution in [0.5, 0.6) is 0 Å². The predicted octanol–water partition coefficient (Wildman–Crippen LogP) is 3.16. The Bertz CT molecular complexity index is 576. The van der Waals surface area contributed by atoms with Crippen molar-refractivity contribution in [2.45, 2.75) is 32.6 Å². The fourth-order valence-corrected chi connectivity index (χ4v) is 2.15. The maximum absolute atomic E-state index is 4.73. The molecule has 0 bridgehead atoms. The van der Waals surface area contributed by atoms with E-state index in [-0.39, 0.29) is 0 Å². The number of anilines is 1. The minimum atomic E-state index is 0.542. The summed E-state index contributed by atoms with van der Waals surface area (Å²) in [5, 5.41) is 3.33. The lowest BCUT2D eigenvalue weighted by Crippen LogP contribution is -2.07. The van der Waals surface area contributed by atoms with Gasteiger partial charge in [-0.05, 0) is 38.8 Å². The minimum Gasteiger partial charge on any atom is -0.370 e. The van der Waals surface area contributed by atoms with Crippen LogP contribution in [0.15, 0.2) is 24.4 Å². The predicted molar refractivity (Wildman–Crippen MR) is 76.1 cm³/mol. The molecule has 4 nitrogen and oxygen atoms in total. The van der Waals surface area contributed by atoms with Crippen LogP contribution in [-0.4, -0.2) is 21.5 Å². The molecule has 0 radical (unpaired) electrons. The Labute approximate surface area is 113 Å². The average Bonchev–Trinajstić information content (AvgIpc) is 3.27. The lowest BCUT2D eigenvalue weighted by atomic mass is 10.1. The average molecular weight is 254 g/mol. The lowest BCUT2D eigenvalue weighted by Gasteiger charge is -2.12. The molecule has 0 atom stereocenters. The van der Waals surface area contributed by atoms with Gasteiger partial charge in [0.15, 0.2) is 0 Å². The largest absolute Gasteiger partial charge is 0.370 e.